The summed E-state index contributed by atoms with van der Waals surface area (Å²) in [6, 6.07) is 5.48. The molecule has 6 nitrogen and oxygen atoms in total. The number of benzene rings is 1. The quantitative estimate of drug-likeness (QED) is 0.641. The lowest BCUT2D eigenvalue weighted by atomic mass is 10.1. The Morgan fingerprint density at radius 3 is 2.27 bits per heavy atom. The number of ether oxygens (including phenoxy) is 2. The fraction of sp³-hybridized carbons (Fsp3) is 0.312. The summed E-state index contributed by atoms with van der Waals surface area (Å²) < 4.78 is 9.32. The van der Waals surface area contributed by atoms with Gasteiger partial charge >= 0.3 is 11.9 Å². The molecule has 0 aliphatic rings. The molecule has 1 aromatic rings. The molecule has 0 heterocycles. The smallest absolute Gasteiger partial charge is 0.331 e. The van der Waals surface area contributed by atoms with Crippen LogP contribution in [0.2, 0.25) is 0 Å². The van der Waals surface area contributed by atoms with Crippen LogP contribution in [-0.4, -0.2) is 31.1 Å². The zero-order valence-electron chi connectivity index (χ0n) is 12.8. The van der Waals surface area contributed by atoms with Crippen molar-refractivity contribution in [2.45, 2.75) is 20.8 Å². The molecule has 0 aliphatic carbocycles. The van der Waals surface area contributed by atoms with E-state index in [1.54, 1.807) is 13.0 Å². The first kappa shape index (κ1) is 17.4. The number of amides is 1. The Balaban J connectivity index is 2.41. The molecule has 0 bridgehead atoms. The second kappa shape index (κ2) is 8.61. The van der Waals surface area contributed by atoms with E-state index in [9.17, 15) is 14.4 Å². The molecule has 118 valence electrons. The summed E-state index contributed by atoms with van der Waals surface area (Å²) >= 11 is 0. The first-order chi connectivity index (χ1) is 10.4. The third kappa shape index (κ3) is 6.21. The molecule has 1 amide bonds. The Morgan fingerprint density at radius 2 is 1.68 bits per heavy atom. The van der Waals surface area contributed by atoms with Crippen LogP contribution in [0, 0.1) is 13.8 Å². The Labute approximate surface area is 129 Å². The third-order valence-corrected chi connectivity index (χ3v) is 2.78. The van der Waals surface area contributed by atoms with Gasteiger partial charge in [-0.3, -0.25) is 4.79 Å². The molecule has 1 rings (SSSR count). The third-order valence-electron chi connectivity index (χ3n) is 2.78. The molecule has 0 atom stereocenters. The Kier molecular flexibility index (Phi) is 6.82. The average molecular weight is 305 g/mol. The van der Waals surface area contributed by atoms with E-state index in [-0.39, 0.29) is 6.61 Å². The van der Waals surface area contributed by atoms with E-state index in [4.69, 9.17) is 4.74 Å². The van der Waals surface area contributed by atoms with Crippen molar-refractivity contribution in [2.24, 2.45) is 0 Å². The molecule has 1 aromatic carbocycles. The van der Waals surface area contributed by atoms with Crippen molar-refractivity contribution in [1.82, 2.24) is 0 Å². The lowest BCUT2D eigenvalue weighted by molar-refractivity contribution is -0.143. The fourth-order valence-corrected chi connectivity index (χ4v) is 1.53. The van der Waals surface area contributed by atoms with Crippen LogP contribution in [0.4, 0.5) is 5.69 Å². The molecule has 6 heteroatoms. The second-order valence-corrected chi connectivity index (χ2v) is 4.54. The van der Waals surface area contributed by atoms with Crippen LogP contribution >= 0.6 is 0 Å². The molecule has 0 radical (unpaired) electrons. The molecule has 0 fully saturated rings. The van der Waals surface area contributed by atoms with Crippen LogP contribution in [0.25, 0.3) is 0 Å². The van der Waals surface area contributed by atoms with E-state index < -0.39 is 24.5 Å². The molecule has 22 heavy (non-hydrogen) atoms. The van der Waals surface area contributed by atoms with E-state index in [2.05, 4.69) is 10.1 Å². The molecule has 0 saturated carbocycles. The molecular formula is C16H19NO5. The first-order valence-electron chi connectivity index (χ1n) is 6.81. The number of nitrogens with one attached hydrogen (secondary N) is 1. The first-order valence-corrected chi connectivity index (χ1v) is 6.81. The van der Waals surface area contributed by atoms with Crippen molar-refractivity contribution in [3.63, 3.8) is 0 Å². The van der Waals surface area contributed by atoms with Crippen LogP contribution in [-0.2, 0) is 23.9 Å². The normalized spacial score (nSPS) is 10.3. The van der Waals surface area contributed by atoms with Crippen molar-refractivity contribution in [1.29, 1.82) is 0 Å². The number of carbonyl (C=O) groups excluding carboxylic acids is 3. The van der Waals surface area contributed by atoms with Crippen LogP contribution in [0.1, 0.15) is 18.1 Å². The van der Waals surface area contributed by atoms with E-state index >= 15 is 0 Å². The maximum absolute atomic E-state index is 11.6. The van der Waals surface area contributed by atoms with Gasteiger partial charge in [0.15, 0.2) is 6.61 Å². The molecule has 0 aromatic heterocycles. The number of anilines is 1. The van der Waals surface area contributed by atoms with Gasteiger partial charge in [-0.1, -0.05) is 6.07 Å². The number of esters is 2. The highest BCUT2D eigenvalue weighted by atomic mass is 16.5. The van der Waals surface area contributed by atoms with Gasteiger partial charge in [-0.2, -0.15) is 0 Å². The van der Waals surface area contributed by atoms with Crippen molar-refractivity contribution >= 4 is 23.5 Å². The minimum absolute atomic E-state index is 0.219. The minimum atomic E-state index is -0.789. The summed E-state index contributed by atoms with van der Waals surface area (Å²) in [6.45, 7) is 5.35. The Hall–Kier alpha value is -2.63. The fourth-order valence-electron chi connectivity index (χ4n) is 1.53. The lowest BCUT2D eigenvalue weighted by Crippen LogP contribution is -2.20. The summed E-state index contributed by atoms with van der Waals surface area (Å²) in [4.78, 5) is 34.0. The molecular weight excluding hydrogens is 286 g/mol. The molecule has 0 saturated heterocycles. The topological polar surface area (TPSA) is 81.7 Å². The maximum Gasteiger partial charge on any atom is 0.331 e. The number of hydrogen-bond donors (Lipinski definition) is 1. The summed E-state index contributed by atoms with van der Waals surface area (Å²) in [5.41, 5.74) is 2.80. The van der Waals surface area contributed by atoms with Crippen LogP contribution in [0.15, 0.2) is 30.4 Å². The molecule has 0 unspecified atom stereocenters. The van der Waals surface area contributed by atoms with Gasteiger partial charge in [0, 0.05) is 17.8 Å². The van der Waals surface area contributed by atoms with Gasteiger partial charge in [0.05, 0.1) is 6.61 Å². The van der Waals surface area contributed by atoms with Crippen molar-refractivity contribution in [3.05, 3.63) is 41.5 Å². The summed E-state index contributed by atoms with van der Waals surface area (Å²) in [5, 5.41) is 2.62. The monoisotopic (exact) mass is 305 g/mol. The molecule has 0 spiro atoms. The maximum atomic E-state index is 11.6. The van der Waals surface area contributed by atoms with E-state index in [0.29, 0.717) is 5.69 Å². The minimum Gasteiger partial charge on any atom is -0.463 e. The van der Waals surface area contributed by atoms with E-state index in [1.807, 2.05) is 26.0 Å². The zero-order valence-corrected chi connectivity index (χ0v) is 12.8. The van der Waals surface area contributed by atoms with Gasteiger partial charge in [-0.15, -0.1) is 0 Å². The van der Waals surface area contributed by atoms with Gasteiger partial charge in [0.25, 0.3) is 5.91 Å². The highest BCUT2D eigenvalue weighted by Crippen LogP contribution is 2.13. The lowest BCUT2D eigenvalue weighted by Gasteiger charge is -2.07. The summed E-state index contributed by atoms with van der Waals surface area (Å²) in [5.74, 6) is -1.89. The standard InChI is InChI=1S/C16H19NO5/c1-4-21-15(19)7-8-16(20)22-10-14(18)17-13-6-5-11(2)12(3)9-13/h5-9H,4,10H2,1-3H3,(H,17,18)/b8-7+. The number of rotatable bonds is 6. The SMILES string of the molecule is CCOC(=O)/C=C/C(=O)OCC(=O)Nc1ccc(C)c(C)c1. The van der Waals surface area contributed by atoms with Gasteiger partial charge in [0.1, 0.15) is 0 Å². The van der Waals surface area contributed by atoms with Crippen LogP contribution in [0.5, 0.6) is 0 Å². The number of carbonyl (C=O) groups is 3. The van der Waals surface area contributed by atoms with Crippen molar-refractivity contribution < 1.29 is 23.9 Å². The highest BCUT2D eigenvalue weighted by Gasteiger charge is 2.07. The van der Waals surface area contributed by atoms with Gasteiger partial charge in [0.2, 0.25) is 0 Å². The second-order valence-electron chi connectivity index (χ2n) is 4.54. The number of aryl methyl sites for hydroxylation is 2. The summed E-state index contributed by atoms with van der Waals surface area (Å²) in [7, 11) is 0. The molecule has 1 N–H and O–H groups in total. The zero-order chi connectivity index (χ0) is 16.5. The largest absolute Gasteiger partial charge is 0.463 e. The van der Waals surface area contributed by atoms with Crippen LogP contribution in [0.3, 0.4) is 0 Å². The van der Waals surface area contributed by atoms with Crippen molar-refractivity contribution in [3.8, 4) is 0 Å². The highest BCUT2D eigenvalue weighted by molar-refractivity contribution is 5.95. The number of hydrogen-bond acceptors (Lipinski definition) is 5. The molecule has 0 aliphatic heterocycles. The van der Waals surface area contributed by atoms with Gasteiger partial charge in [-0.05, 0) is 44.0 Å². The Morgan fingerprint density at radius 1 is 1.05 bits per heavy atom. The van der Waals surface area contributed by atoms with Crippen LogP contribution < -0.4 is 5.32 Å². The van der Waals surface area contributed by atoms with Crippen molar-refractivity contribution in [2.75, 3.05) is 18.5 Å². The predicted octanol–water partition coefficient (Wildman–Crippen LogP) is 1.90. The van der Waals surface area contributed by atoms with E-state index in [1.165, 1.54) is 0 Å². The van der Waals surface area contributed by atoms with Gasteiger partial charge < -0.3 is 14.8 Å². The average Bonchev–Trinajstić information content (AvgIpc) is 2.47. The van der Waals surface area contributed by atoms with Gasteiger partial charge in [-0.25, -0.2) is 9.59 Å². The predicted molar refractivity (Wildman–Crippen MR) is 81.3 cm³/mol. The Bertz CT molecular complexity index is 592. The van der Waals surface area contributed by atoms with E-state index in [0.717, 1.165) is 23.3 Å². The summed E-state index contributed by atoms with van der Waals surface area (Å²) in [6.07, 6.45) is 1.87.